The lowest BCUT2D eigenvalue weighted by molar-refractivity contribution is 0.211. The molecule has 0 radical (unpaired) electrons. The predicted molar refractivity (Wildman–Crippen MR) is 83.6 cm³/mol. The van der Waals surface area contributed by atoms with Crippen molar-refractivity contribution < 1.29 is 8.42 Å². The second-order valence-corrected chi connectivity index (χ2v) is 7.34. The number of nitrogens with zero attached hydrogens (tertiary/aromatic N) is 1. The van der Waals surface area contributed by atoms with Crippen LogP contribution in [0, 0.1) is 12.8 Å². The second-order valence-electron chi connectivity index (χ2n) is 5.45. The molecule has 2 unspecified atom stereocenters. The zero-order valence-corrected chi connectivity index (χ0v) is 13.6. The van der Waals surface area contributed by atoms with E-state index < -0.39 is 10.0 Å². The lowest BCUT2D eigenvalue weighted by Crippen LogP contribution is -2.49. The van der Waals surface area contributed by atoms with Crippen molar-refractivity contribution in [2.24, 2.45) is 11.7 Å². The summed E-state index contributed by atoms with van der Waals surface area (Å²) in [5.41, 5.74) is 6.71. The Morgan fingerprint density at radius 1 is 1.40 bits per heavy atom. The van der Waals surface area contributed by atoms with Crippen LogP contribution >= 0.6 is 12.4 Å². The topological polar surface area (TPSA) is 63.4 Å². The summed E-state index contributed by atoms with van der Waals surface area (Å²) in [6.45, 7) is 5.01. The number of aryl methyl sites for hydroxylation is 1. The lowest BCUT2D eigenvalue weighted by Gasteiger charge is -2.36. The molecule has 0 aliphatic carbocycles. The first-order valence-electron chi connectivity index (χ1n) is 6.73. The highest BCUT2D eigenvalue weighted by Gasteiger charge is 2.34. The molecule has 1 aliphatic rings. The highest BCUT2D eigenvalue weighted by atomic mass is 35.5. The van der Waals surface area contributed by atoms with Gasteiger partial charge in [0.1, 0.15) is 0 Å². The van der Waals surface area contributed by atoms with E-state index in [0.29, 0.717) is 23.9 Å². The zero-order valence-electron chi connectivity index (χ0n) is 12.0. The zero-order chi connectivity index (χ0) is 14.0. The molecule has 6 heteroatoms. The molecule has 1 aliphatic heterocycles. The number of piperidine rings is 1. The van der Waals surface area contributed by atoms with Crippen LogP contribution in [0.4, 0.5) is 0 Å². The van der Waals surface area contributed by atoms with Crippen molar-refractivity contribution in [2.45, 2.75) is 37.6 Å². The number of hydrogen-bond acceptors (Lipinski definition) is 3. The number of benzene rings is 1. The van der Waals surface area contributed by atoms with Crippen LogP contribution < -0.4 is 5.73 Å². The van der Waals surface area contributed by atoms with Crippen LogP contribution in [0.15, 0.2) is 29.2 Å². The van der Waals surface area contributed by atoms with E-state index in [4.69, 9.17) is 5.73 Å². The number of nitrogens with two attached hydrogens (primary N) is 1. The largest absolute Gasteiger partial charge is 0.329 e. The predicted octanol–water partition coefficient (Wildman–Crippen LogP) is 2.16. The van der Waals surface area contributed by atoms with E-state index in [-0.39, 0.29) is 18.4 Å². The van der Waals surface area contributed by atoms with Crippen LogP contribution in [0.2, 0.25) is 0 Å². The number of sulfonamides is 1. The molecule has 114 valence electrons. The fourth-order valence-corrected chi connectivity index (χ4v) is 4.44. The van der Waals surface area contributed by atoms with Gasteiger partial charge >= 0.3 is 0 Å². The van der Waals surface area contributed by atoms with E-state index in [1.807, 2.05) is 13.0 Å². The van der Waals surface area contributed by atoms with Crippen molar-refractivity contribution in [3.05, 3.63) is 29.8 Å². The summed E-state index contributed by atoms with van der Waals surface area (Å²) in [7, 11) is -3.42. The Morgan fingerprint density at radius 3 is 2.70 bits per heavy atom. The maximum Gasteiger partial charge on any atom is 0.243 e. The first kappa shape index (κ1) is 17.4. The minimum absolute atomic E-state index is 0. The standard InChI is InChI=1S/C14H22N2O2S.ClH/c1-11-4-3-5-14(9-11)19(17,18)16-7-6-12(2)8-13(16)10-15;/h3-5,9,12-13H,6-8,10,15H2,1-2H3;1H. The fourth-order valence-electron chi connectivity index (χ4n) is 2.67. The SMILES string of the molecule is Cc1cccc(S(=O)(=O)N2CCC(C)CC2CN)c1.Cl. The molecular formula is C14H23ClN2O2S. The molecule has 1 fully saturated rings. The molecule has 0 aromatic heterocycles. The van der Waals surface area contributed by atoms with E-state index in [1.54, 1.807) is 22.5 Å². The van der Waals surface area contributed by atoms with Gasteiger partial charge in [0, 0.05) is 19.1 Å². The van der Waals surface area contributed by atoms with Gasteiger partial charge in [0.15, 0.2) is 0 Å². The molecule has 0 spiro atoms. The molecule has 1 aromatic carbocycles. The Hall–Kier alpha value is -0.620. The molecule has 2 rings (SSSR count). The molecule has 1 aromatic rings. The van der Waals surface area contributed by atoms with Gasteiger partial charge in [0.2, 0.25) is 10.0 Å². The van der Waals surface area contributed by atoms with Crippen molar-refractivity contribution >= 4 is 22.4 Å². The van der Waals surface area contributed by atoms with Gasteiger partial charge in [0.25, 0.3) is 0 Å². The van der Waals surface area contributed by atoms with E-state index in [2.05, 4.69) is 6.92 Å². The number of rotatable bonds is 3. The van der Waals surface area contributed by atoms with Gasteiger partial charge in [-0.3, -0.25) is 0 Å². The quantitative estimate of drug-likeness (QED) is 0.929. The molecule has 2 atom stereocenters. The summed E-state index contributed by atoms with van der Waals surface area (Å²) in [5, 5.41) is 0. The van der Waals surface area contributed by atoms with E-state index in [0.717, 1.165) is 18.4 Å². The Kier molecular flexibility index (Phi) is 6.01. The van der Waals surface area contributed by atoms with Crippen molar-refractivity contribution in [1.82, 2.24) is 4.31 Å². The highest BCUT2D eigenvalue weighted by Crippen LogP contribution is 2.28. The van der Waals surface area contributed by atoms with Gasteiger partial charge in [-0.2, -0.15) is 4.31 Å². The maximum absolute atomic E-state index is 12.7. The van der Waals surface area contributed by atoms with Crippen molar-refractivity contribution in [3.63, 3.8) is 0 Å². The van der Waals surface area contributed by atoms with Crippen molar-refractivity contribution in [1.29, 1.82) is 0 Å². The van der Waals surface area contributed by atoms with Crippen LogP contribution in [0.5, 0.6) is 0 Å². The molecule has 0 saturated carbocycles. The molecular weight excluding hydrogens is 296 g/mol. The molecule has 0 bridgehead atoms. The molecule has 1 heterocycles. The summed E-state index contributed by atoms with van der Waals surface area (Å²) in [5.74, 6) is 0.539. The molecule has 1 saturated heterocycles. The summed E-state index contributed by atoms with van der Waals surface area (Å²) in [6, 6.07) is 6.99. The Bertz CT molecular complexity index is 548. The first-order chi connectivity index (χ1) is 8.95. The maximum atomic E-state index is 12.7. The third kappa shape index (κ3) is 3.52. The average molecular weight is 319 g/mol. The number of halogens is 1. The highest BCUT2D eigenvalue weighted by molar-refractivity contribution is 7.89. The van der Waals surface area contributed by atoms with Crippen LogP contribution in [0.25, 0.3) is 0 Å². The Balaban J connectivity index is 0.00000200. The third-order valence-electron chi connectivity index (χ3n) is 3.79. The molecule has 2 N–H and O–H groups in total. The Morgan fingerprint density at radius 2 is 2.10 bits per heavy atom. The summed E-state index contributed by atoms with van der Waals surface area (Å²) in [4.78, 5) is 0.375. The van der Waals surface area contributed by atoms with Gasteiger partial charge in [-0.15, -0.1) is 12.4 Å². The van der Waals surface area contributed by atoms with Crippen LogP contribution in [0.1, 0.15) is 25.3 Å². The van der Waals surface area contributed by atoms with Crippen LogP contribution in [0.3, 0.4) is 0 Å². The van der Waals surface area contributed by atoms with Crippen LogP contribution in [-0.2, 0) is 10.0 Å². The molecule has 4 nitrogen and oxygen atoms in total. The average Bonchev–Trinajstić information content (AvgIpc) is 2.38. The van der Waals surface area contributed by atoms with Gasteiger partial charge in [-0.25, -0.2) is 8.42 Å². The summed E-state index contributed by atoms with van der Waals surface area (Å²) in [6.07, 6.45) is 1.75. The van der Waals surface area contributed by atoms with E-state index in [1.165, 1.54) is 0 Å². The smallest absolute Gasteiger partial charge is 0.243 e. The lowest BCUT2D eigenvalue weighted by atomic mass is 9.94. The fraction of sp³-hybridized carbons (Fsp3) is 0.571. The normalized spacial score (nSPS) is 24.1. The minimum atomic E-state index is -3.42. The van der Waals surface area contributed by atoms with E-state index >= 15 is 0 Å². The van der Waals surface area contributed by atoms with Crippen LogP contribution in [-0.4, -0.2) is 31.9 Å². The van der Waals surface area contributed by atoms with Crippen molar-refractivity contribution in [2.75, 3.05) is 13.1 Å². The second kappa shape index (κ2) is 6.89. The van der Waals surface area contributed by atoms with Crippen molar-refractivity contribution in [3.8, 4) is 0 Å². The number of hydrogen-bond donors (Lipinski definition) is 1. The summed E-state index contributed by atoms with van der Waals surface area (Å²) >= 11 is 0. The molecule has 0 amide bonds. The van der Waals surface area contributed by atoms with Gasteiger partial charge in [-0.1, -0.05) is 19.1 Å². The van der Waals surface area contributed by atoms with Gasteiger partial charge in [0.05, 0.1) is 4.90 Å². The monoisotopic (exact) mass is 318 g/mol. The minimum Gasteiger partial charge on any atom is -0.329 e. The Labute approximate surface area is 127 Å². The van der Waals surface area contributed by atoms with Gasteiger partial charge in [-0.05, 0) is 43.4 Å². The van der Waals surface area contributed by atoms with Gasteiger partial charge < -0.3 is 5.73 Å². The molecule has 20 heavy (non-hydrogen) atoms. The van der Waals surface area contributed by atoms with E-state index in [9.17, 15) is 8.42 Å². The summed E-state index contributed by atoms with van der Waals surface area (Å²) < 4.78 is 27.0. The third-order valence-corrected chi connectivity index (χ3v) is 5.74. The first-order valence-corrected chi connectivity index (χ1v) is 8.17.